The molecule has 0 N–H and O–H groups in total. The van der Waals surface area contributed by atoms with Gasteiger partial charge in [0.25, 0.3) is 0 Å². The molecule has 1 aromatic carbocycles. The van der Waals surface area contributed by atoms with Crippen molar-refractivity contribution in [2.75, 3.05) is 0 Å². The second kappa shape index (κ2) is 3.27. The third kappa shape index (κ3) is 2.13. The monoisotopic (exact) mass is 205 g/mol. The summed E-state index contributed by atoms with van der Waals surface area (Å²) in [5.74, 6) is 0. The molecular weight excluding hydrogens is 203 g/mol. The molecule has 0 atom stereocenters. The summed E-state index contributed by atoms with van der Waals surface area (Å²) < 4.78 is 36.5. The van der Waals surface area contributed by atoms with E-state index in [0.717, 1.165) is 18.2 Å². The van der Waals surface area contributed by atoms with Crippen LogP contribution in [0.1, 0.15) is 5.56 Å². The van der Waals surface area contributed by atoms with E-state index in [1.165, 1.54) is 0 Å². The minimum atomic E-state index is -4.50. The van der Waals surface area contributed by atoms with Crippen molar-refractivity contribution in [2.45, 2.75) is 6.18 Å². The molecule has 0 spiro atoms. The Hall–Kier alpha value is -1.21. The van der Waals surface area contributed by atoms with Crippen LogP contribution >= 0.6 is 11.6 Å². The molecule has 0 aromatic heterocycles. The van der Waals surface area contributed by atoms with Gasteiger partial charge in [0.2, 0.25) is 5.69 Å². The van der Waals surface area contributed by atoms with Crippen LogP contribution in [0.4, 0.5) is 18.9 Å². The number of benzene rings is 1. The molecule has 0 saturated heterocycles. The van der Waals surface area contributed by atoms with Crippen molar-refractivity contribution < 1.29 is 13.2 Å². The summed E-state index contributed by atoms with van der Waals surface area (Å²) in [5, 5.41) is 0.124. The third-order valence-electron chi connectivity index (χ3n) is 1.39. The predicted octanol–water partition coefficient (Wildman–Crippen LogP) is 3.91. The molecule has 0 heterocycles. The van der Waals surface area contributed by atoms with Crippen LogP contribution in [-0.4, -0.2) is 0 Å². The third-order valence-corrected chi connectivity index (χ3v) is 1.62. The Kier molecular flexibility index (Phi) is 2.48. The molecule has 1 rings (SSSR count). The van der Waals surface area contributed by atoms with E-state index in [-0.39, 0.29) is 5.02 Å². The Morgan fingerprint density at radius 2 is 1.92 bits per heavy atom. The van der Waals surface area contributed by atoms with Crippen molar-refractivity contribution >= 4 is 17.3 Å². The van der Waals surface area contributed by atoms with Crippen LogP contribution in [0.3, 0.4) is 0 Å². The highest BCUT2D eigenvalue weighted by Crippen LogP contribution is 2.37. The van der Waals surface area contributed by atoms with E-state index in [1.807, 2.05) is 0 Å². The summed E-state index contributed by atoms with van der Waals surface area (Å²) in [6, 6.07) is 2.91. The van der Waals surface area contributed by atoms with Gasteiger partial charge in [-0.1, -0.05) is 17.7 Å². The van der Waals surface area contributed by atoms with Crippen molar-refractivity contribution in [3.05, 3.63) is 40.2 Å². The van der Waals surface area contributed by atoms with Gasteiger partial charge in [-0.25, -0.2) is 4.85 Å². The maximum absolute atomic E-state index is 12.2. The molecule has 0 aliphatic rings. The summed E-state index contributed by atoms with van der Waals surface area (Å²) in [4.78, 5) is 2.74. The van der Waals surface area contributed by atoms with Gasteiger partial charge in [0.1, 0.15) is 0 Å². The first kappa shape index (κ1) is 9.87. The van der Waals surface area contributed by atoms with Gasteiger partial charge < -0.3 is 0 Å². The maximum Gasteiger partial charge on any atom is 0.407 e. The first-order valence-electron chi connectivity index (χ1n) is 3.19. The quantitative estimate of drug-likeness (QED) is 0.566. The summed E-state index contributed by atoms with van der Waals surface area (Å²) in [6.07, 6.45) is -4.50. The first-order chi connectivity index (χ1) is 5.95. The molecule has 0 aliphatic heterocycles. The molecular formula is C8H3ClF3N. The van der Waals surface area contributed by atoms with E-state index >= 15 is 0 Å². The van der Waals surface area contributed by atoms with Crippen LogP contribution in [0.15, 0.2) is 18.2 Å². The molecule has 13 heavy (non-hydrogen) atoms. The largest absolute Gasteiger partial charge is 0.407 e. The Balaban J connectivity index is 3.32. The number of halogens is 4. The number of nitrogens with zero attached hydrogens (tertiary/aromatic N) is 1. The standard InChI is InChI=1S/C8H3ClF3N/c1-13-7-4-5(9)2-3-6(7)8(10,11)12/h2-4H. The molecule has 0 amide bonds. The number of rotatable bonds is 0. The number of hydrogen-bond donors (Lipinski definition) is 0. The fraction of sp³-hybridized carbons (Fsp3) is 0.125. The lowest BCUT2D eigenvalue weighted by Crippen LogP contribution is -2.04. The highest BCUT2D eigenvalue weighted by atomic mass is 35.5. The van der Waals surface area contributed by atoms with Crippen LogP contribution in [0.5, 0.6) is 0 Å². The van der Waals surface area contributed by atoms with E-state index in [4.69, 9.17) is 18.2 Å². The SMILES string of the molecule is [C-]#[N+]c1cc(Cl)ccc1C(F)(F)F. The van der Waals surface area contributed by atoms with Gasteiger partial charge in [-0.3, -0.25) is 0 Å². The lowest BCUT2D eigenvalue weighted by molar-refractivity contribution is -0.136. The minimum absolute atomic E-state index is 0.124. The smallest absolute Gasteiger partial charge is 0.237 e. The average Bonchev–Trinajstić information content (AvgIpc) is 2.01. The van der Waals surface area contributed by atoms with Gasteiger partial charge in [-0.2, -0.15) is 13.2 Å². The van der Waals surface area contributed by atoms with Crippen molar-refractivity contribution in [3.63, 3.8) is 0 Å². The normalized spacial score (nSPS) is 11.0. The number of alkyl halides is 3. The Morgan fingerprint density at radius 1 is 1.31 bits per heavy atom. The van der Waals surface area contributed by atoms with E-state index in [1.54, 1.807) is 0 Å². The molecule has 5 heteroatoms. The minimum Gasteiger partial charge on any atom is -0.237 e. The zero-order valence-electron chi connectivity index (χ0n) is 6.19. The molecule has 1 aromatic rings. The molecule has 0 unspecified atom stereocenters. The van der Waals surface area contributed by atoms with Gasteiger partial charge in [0, 0.05) is 5.02 Å². The molecule has 68 valence electrons. The number of hydrogen-bond acceptors (Lipinski definition) is 0. The van der Waals surface area contributed by atoms with Gasteiger partial charge in [0.05, 0.1) is 12.1 Å². The average molecular weight is 206 g/mol. The Morgan fingerprint density at radius 3 is 2.38 bits per heavy atom. The molecule has 0 bridgehead atoms. The van der Waals surface area contributed by atoms with Crippen LogP contribution in [0, 0.1) is 6.57 Å². The van der Waals surface area contributed by atoms with Gasteiger partial charge in [0.15, 0.2) is 0 Å². The van der Waals surface area contributed by atoms with E-state index in [2.05, 4.69) is 4.85 Å². The Bertz CT molecular complexity index is 365. The van der Waals surface area contributed by atoms with Crippen LogP contribution < -0.4 is 0 Å². The van der Waals surface area contributed by atoms with E-state index in [9.17, 15) is 13.2 Å². The Labute approximate surface area is 77.6 Å². The lowest BCUT2D eigenvalue weighted by Gasteiger charge is -2.08. The molecule has 0 radical (unpaired) electrons. The zero-order chi connectivity index (χ0) is 10.1. The van der Waals surface area contributed by atoms with E-state index < -0.39 is 17.4 Å². The van der Waals surface area contributed by atoms with Crippen LogP contribution in [0.25, 0.3) is 4.85 Å². The van der Waals surface area contributed by atoms with Crippen molar-refractivity contribution in [1.82, 2.24) is 0 Å². The topological polar surface area (TPSA) is 4.36 Å². The molecule has 0 saturated carbocycles. The highest BCUT2D eigenvalue weighted by Gasteiger charge is 2.33. The summed E-state index contributed by atoms with van der Waals surface area (Å²) >= 11 is 5.43. The summed E-state index contributed by atoms with van der Waals surface area (Å²) in [5.41, 5.74) is -1.42. The molecule has 1 nitrogen and oxygen atoms in total. The van der Waals surface area contributed by atoms with Gasteiger partial charge >= 0.3 is 6.18 Å². The van der Waals surface area contributed by atoms with Crippen molar-refractivity contribution in [2.24, 2.45) is 0 Å². The second-order valence-electron chi connectivity index (χ2n) is 2.27. The van der Waals surface area contributed by atoms with Crippen LogP contribution in [-0.2, 0) is 6.18 Å². The molecule has 0 aliphatic carbocycles. The van der Waals surface area contributed by atoms with E-state index in [0.29, 0.717) is 0 Å². The fourth-order valence-corrected chi connectivity index (χ4v) is 1.00. The van der Waals surface area contributed by atoms with Gasteiger partial charge in [-0.15, -0.1) is 0 Å². The lowest BCUT2D eigenvalue weighted by atomic mass is 10.2. The summed E-state index contributed by atoms with van der Waals surface area (Å²) in [7, 11) is 0. The van der Waals surface area contributed by atoms with Gasteiger partial charge in [-0.05, 0) is 12.1 Å². The highest BCUT2D eigenvalue weighted by molar-refractivity contribution is 6.30. The van der Waals surface area contributed by atoms with Crippen molar-refractivity contribution in [3.8, 4) is 0 Å². The fourth-order valence-electron chi connectivity index (χ4n) is 0.837. The predicted molar refractivity (Wildman–Crippen MR) is 42.7 cm³/mol. The maximum atomic E-state index is 12.2. The second-order valence-corrected chi connectivity index (χ2v) is 2.71. The zero-order valence-corrected chi connectivity index (χ0v) is 6.95. The van der Waals surface area contributed by atoms with Crippen LogP contribution in [0.2, 0.25) is 5.02 Å². The first-order valence-corrected chi connectivity index (χ1v) is 3.57. The molecule has 0 fully saturated rings. The summed E-state index contributed by atoms with van der Waals surface area (Å²) in [6.45, 7) is 6.53. The van der Waals surface area contributed by atoms with Crippen molar-refractivity contribution in [1.29, 1.82) is 0 Å².